The molecule has 10 nitrogen and oxygen atoms in total. The Labute approximate surface area is 231 Å². The van der Waals surface area contributed by atoms with Crippen LogP contribution in [0.25, 0.3) is 11.3 Å². The van der Waals surface area contributed by atoms with Gasteiger partial charge < -0.3 is 35.8 Å². The number of amides is 2. The van der Waals surface area contributed by atoms with Crippen molar-refractivity contribution in [3.63, 3.8) is 0 Å². The summed E-state index contributed by atoms with van der Waals surface area (Å²) in [6.07, 6.45) is 5.25. The van der Waals surface area contributed by atoms with Crippen LogP contribution in [-0.4, -0.2) is 89.2 Å². The fourth-order valence-electron chi connectivity index (χ4n) is 4.99. The SMILES string of the molecule is C#C[C@@H]1CN(C(=O)[C@H](CC(C)C)NC(=O)c2ccc(-c3nc(NCCNC)sc3F)cc2)[C@H]2[C@@H]1OCC2(O)O. The lowest BCUT2D eigenvalue weighted by molar-refractivity contribution is -0.191. The van der Waals surface area contributed by atoms with E-state index in [1.54, 1.807) is 24.3 Å². The van der Waals surface area contributed by atoms with Crippen LogP contribution in [0.2, 0.25) is 0 Å². The van der Waals surface area contributed by atoms with E-state index in [1.807, 2.05) is 20.9 Å². The summed E-state index contributed by atoms with van der Waals surface area (Å²) in [5.74, 6) is -1.04. The van der Waals surface area contributed by atoms with Gasteiger partial charge >= 0.3 is 0 Å². The molecule has 4 rings (SSSR count). The maximum absolute atomic E-state index is 14.5. The minimum Gasteiger partial charge on any atom is -0.369 e. The van der Waals surface area contributed by atoms with Crippen LogP contribution >= 0.6 is 11.3 Å². The topological polar surface area (TPSA) is 136 Å². The quantitative estimate of drug-likeness (QED) is 0.167. The Balaban J connectivity index is 1.48. The van der Waals surface area contributed by atoms with E-state index in [0.717, 1.165) is 11.3 Å². The molecule has 12 heteroatoms. The van der Waals surface area contributed by atoms with Crippen LogP contribution in [-0.2, 0) is 9.53 Å². The summed E-state index contributed by atoms with van der Waals surface area (Å²) in [4.78, 5) is 32.4. The zero-order valence-electron chi connectivity index (χ0n) is 22.1. The molecule has 0 radical (unpaired) electrons. The number of ether oxygens (including phenoxy) is 1. The highest BCUT2D eigenvalue weighted by Crippen LogP contribution is 2.38. The number of benzene rings is 1. The number of nitrogens with one attached hydrogen (secondary N) is 3. The van der Waals surface area contributed by atoms with Gasteiger partial charge in [0.2, 0.25) is 16.8 Å². The van der Waals surface area contributed by atoms with Gasteiger partial charge in [-0.1, -0.05) is 43.2 Å². The lowest BCUT2D eigenvalue weighted by Crippen LogP contribution is -2.57. The van der Waals surface area contributed by atoms with Crippen LogP contribution < -0.4 is 16.0 Å². The van der Waals surface area contributed by atoms with Crippen LogP contribution in [0, 0.1) is 29.3 Å². The summed E-state index contributed by atoms with van der Waals surface area (Å²) < 4.78 is 20.0. The number of rotatable bonds is 10. The predicted molar refractivity (Wildman–Crippen MR) is 145 cm³/mol. The number of likely N-dealkylation sites (N-methyl/N-ethyl adjacent to an activating group) is 1. The summed E-state index contributed by atoms with van der Waals surface area (Å²) in [6.45, 7) is 4.89. The first-order chi connectivity index (χ1) is 18.6. The molecule has 0 bridgehead atoms. The highest BCUT2D eigenvalue weighted by Gasteiger charge is 2.59. The average molecular weight is 560 g/mol. The molecule has 1 aromatic carbocycles. The third-order valence-corrected chi connectivity index (χ3v) is 7.67. The number of aromatic nitrogens is 1. The fourth-order valence-corrected chi connectivity index (χ4v) is 5.73. The number of thiazole rings is 1. The molecule has 2 saturated heterocycles. The van der Waals surface area contributed by atoms with Gasteiger partial charge in [-0.15, -0.1) is 6.42 Å². The summed E-state index contributed by atoms with van der Waals surface area (Å²) in [5, 5.41) is 29.8. The Kier molecular flexibility index (Phi) is 8.88. The fraction of sp³-hybridized carbons (Fsp3) is 0.519. The van der Waals surface area contributed by atoms with Crippen molar-refractivity contribution >= 4 is 28.3 Å². The van der Waals surface area contributed by atoms with E-state index < -0.39 is 46.8 Å². The van der Waals surface area contributed by atoms with Crippen LogP contribution in [0.1, 0.15) is 30.6 Å². The second-order valence-corrected chi connectivity index (χ2v) is 11.2. The second-order valence-electron chi connectivity index (χ2n) is 10.3. The van der Waals surface area contributed by atoms with Crippen molar-refractivity contribution in [2.75, 3.05) is 38.6 Å². The Morgan fingerprint density at radius 3 is 2.67 bits per heavy atom. The van der Waals surface area contributed by atoms with Gasteiger partial charge in [0.05, 0.1) is 12.0 Å². The van der Waals surface area contributed by atoms with Gasteiger partial charge in [-0.3, -0.25) is 9.59 Å². The molecule has 0 spiro atoms. The molecule has 1 aromatic heterocycles. The number of aliphatic hydroxyl groups is 2. The molecule has 2 aromatic rings. The molecule has 0 aliphatic carbocycles. The maximum atomic E-state index is 14.5. The average Bonchev–Trinajstić information content (AvgIpc) is 3.56. The van der Waals surface area contributed by atoms with Gasteiger partial charge in [0.1, 0.15) is 24.4 Å². The molecule has 5 N–H and O–H groups in total. The first-order valence-electron chi connectivity index (χ1n) is 12.8. The van der Waals surface area contributed by atoms with E-state index in [9.17, 15) is 24.2 Å². The molecule has 2 aliphatic rings. The molecular formula is C27H34FN5O5S. The van der Waals surface area contributed by atoms with Crippen molar-refractivity contribution in [2.24, 2.45) is 11.8 Å². The van der Waals surface area contributed by atoms with Crippen molar-refractivity contribution < 1.29 is 28.9 Å². The van der Waals surface area contributed by atoms with Crippen molar-refractivity contribution in [1.29, 1.82) is 0 Å². The number of likely N-dealkylation sites (tertiary alicyclic amines) is 1. The van der Waals surface area contributed by atoms with Crippen LogP contribution in [0.4, 0.5) is 9.52 Å². The Morgan fingerprint density at radius 2 is 2.03 bits per heavy atom. The molecule has 39 heavy (non-hydrogen) atoms. The van der Waals surface area contributed by atoms with E-state index in [-0.39, 0.29) is 30.3 Å². The molecule has 2 fully saturated rings. The Bertz CT molecular complexity index is 1230. The number of hydrogen-bond donors (Lipinski definition) is 5. The minimum atomic E-state index is -2.23. The summed E-state index contributed by atoms with van der Waals surface area (Å²) in [7, 11) is 1.82. The minimum absolute atomic E-state index is 0.0554. The number of carbonyl (C=O) groups is 2. The van der Waals surface area contributed by atoms with E-state index in [1.165, 1.54) is 4.90 Å². The zero-order valence-corrected chi connectivity index (χ0v) is 22.9. The molecule has 0 unspecified atom stereocenters. The number of terminal acetylenes is 1. The molecule has 0 saturated carbocycles. The third-order valence-electron chi connectivity index (χ3n) is 6.86. The number of halogens is 1. The summed E-state index contributed by atoms with van der Waals surface area (Å²) >= 11 is 0.913. The Morgan fingerprint density at radius 1 is 1.31 bits per heavy atom. The molecule has 2 amide bonds. The van der Waals surface area contributed by atoms with Gasteiger partial charge in [-0.25, -0.2) is 4.98 Å². The summed E-state index contributed by atoms with van der Waals surface area (Å²) in [5.41, 5.74) is 0.990. The second kappa shape index (κ2) is 12.0. The Hall–Kier alpha value is -3.08. The van der Waals surface area contributed by atoms with Gasteiger partial charge in [0.25, 0.3) is 5.91 Å². The van der Waals surface area contributed by atoms with Gasteiger partial charge in [-0.2, -0.15) is 4.39 Å². The van der Waals surface area contributed by atoms with Crippen LogP contribution in [0.3, 0.4) is 0 Å². The zero-order chi connectivity index (χ0) is 28.3. The van der Waals surface area contributed by atoms with E-state index >= 15 is 0 Å². The summed E-state index contributed by atoms with van der Waals surface area (Å²) in [6, 6.07) is 4.36. The van der Waals surface area contributed by atoms with Crippen molar-refractivity contribution in [3.8, 4) is 23.6 Å². The first kappa shape index (κ1) is 28.9. The third kappa shape index (κ3) is 6.23. The van der Waals surface area contributed by atoms with Gasteiger partial charge in [-0.05, 0) is 31.5 Å². The number of anilines is 1. The van der Waals surface area contributed by atoms with E-state index in [2.05, 4.69) is 26.9 Å². The lowest BCUT2D eigenvalue weighted by Gasteiger charge is -2.33. The molecule has 2 aliphatic heterocycles. The number of fused-ring (bicyclic) bond motifs is 1. The normalized spacial score (nSPS) is 22.4. The molecule has 210 valence electrons. The van der Waals surface area contributed by atoms with Crippen molar-refractivity contribution in [1.82, 2.24) is 20.5 Å². The predicted octanol–water partition coefficient (Wildman–Crippen LogP) is 1.26. The highest BCUT2D eigenvalue weighted by molar-refractivity contribution is 7.14. The van der Waals surface area contributed by atoms with Crippen LogP contribution in [0.15, 0.2) is 24.3 Å². The maximum Gasteiger partial charge on any atom is 0.251 e. The molecule has 3 heterocycles. The number of hydrogen-bond acceptors (Lipinski definition) is 9. The van der Waals surface area contributed by atoms with E-state index in [4.69, 9.17) is 11.2 Å². The number of carbonyl (C=O) groups excluding carboxylic acids is 2. The molecule has 4 atom stereocenters. The van der Waals surface area contributed by atoms with Crippen LogP contribution in [0.5, 0.6) is 0 Å². The lowest BCUT2D eigenvalue weighted by atomic mass is 9.98. The largest absolute Gasteiger partial charge is 0.369 e. The first-order valence-corrected chi connectivity index (χ1v) is 13.7. The van der Waals surface area contributed by atoms with E-state index in [0.29, 0.717) is 30.2 Å². The van der Waals surface area contributed by atoms with Crippen molar-refractivity contribution in [2.45, 2.75) is 44.2 Å². The standard InChI is InChI=1S/C27H34FN5O5S/c1-5-16-13-33(22-21(16)38-14-27(22,36)37)25(35)19(12-15(2)3)31-24(34)18-8-6-17(7-9-18)20-23(28)39-26(32-20)30-11-10-29-4/h1,6-9,15-16,19,21-22,29,36-37H,10-14H2,2-4H3,(H,30,32)(H,31,34)/t16-,19+,21-,22+/m1/s1. The molecular weight excluding hydrogens is 525 g/mol. The van der Waals surface area contributed by atoms with Gasteiger partial charge in [0, 0.05) is 30.8 Å². The van der Waals surface area contributed by atoms with Crippen molar-refractivity contribution in [3.05, 3.63) is 35.0 Å². The highest BCUT2D eigenvalue weighted by atomic mass is 32.1. The number of nitrogens with zero attached hydrogens (tertiary/aromatic N) is 2. The monoisotopic (exact) mass is 559 g/mol. The smallest absolute Gasteiger partial charge is 0.251 e. The van der Waals surface area contributed by atoms with Gasteiger partial charge in [0.15, 0.2) is 5.13 Å².